The molecule has 232 valence electrons. The smallest absolute Gasteiger partial charge is 0.0792 e. The van der Waals surface area contributed by atoms with Gasteiger partial charge in [0.05, 0.1) is 5.52 Å². The minimum absolute atomic E-state index is 1.03. The molecular weight excluding hydrogens is 603 g/mol. The predicted molar refractivity (Wildman–Crippen MR) is 214 cm³/mol. The molecule has 0 N–H and O–H groups in total. The molecule has 0 aliphatic carbocycles. The summed E-state index contributed by atoms with van der Waals surface area (Å²) in [6.07, 6.45) is 1.92. The average molecular weight is 634 g/mol. The van der Waals surface area contributed by atoms with Gasteiger partial charge in [0.2, 0.25) is 0 Å². The first-order valence-electron chi connectivity index (χ1n) is 17.2. The molecule has 0 aliphatic rings. The summed E-state index contributed by atoms with van der Waals surface area (Å²) in [6, 6.07) is 66.3. The predicted octanol–water partition coefficient (Wildman–Crippen LogP) is 13.5. The number of aromatic nitrogens is 1. The van der Waals surface area contributed by atoms with E-state index < -0.39 is 0 Å². The fraction of sp³-hybridized carbons (Fsp3) is 0. The second kappa shape index (κ2) is 11.5. The number of fused-ring (bicyclic) bond motifs is 7. The molecule has 0 atom stereocenters. The van der Waals surface area contributed by atoms with E-state index in [4.69, 9.17) is 4.98 Å². The van der Waals surface area contributed by atoms with Crippen LogP contribution in [0.5, 0.6) is 0 Å². The molecule has 1 heteroatoms. The molecule has 0 saturated heterocycles. The molecule has 10 rings (SSSR count). The minimum atomic E-state index is 1.03. The summed E-state index contributed by atoms with van der Waals surface area (Å²) in [4.78, 5) is 5.03. The van der Waals surface area contributed by atoms with Gasteiger partial charge in [-0.3, -0.25) is 4.98 Å². The maximum Gasteiger partial charge on any atom is 0.0792 e. The molecule has 1 heterocycles. The van der Waals surface area contributed by atoms with Gasteiger partial charge in [0.15, 0.2) is 0 Å². The van der Waals surface area contributed by atoms with E-state index in [0.717, 1.165) is 10.9 Å². The van der Waals surface area contributed by atoms with Gasteiger partial charge in [0, 0.05) is 17.0 Å². The molecule has 1 nitrogen and oxygen atoms in total. The Morgan fingerprint density at radius 2 is 0.800 bits per heavy atom. The first-order chi connectivity index (χ1) is 24.8. The van der Waals surface area contributed by atoms with Crippen molar-refractivity contribution in [2.45, 2.75) is 0 Å². The fourth-order valence-electron chi connectivity index (χ4n) is 7.75. The Labute approximate surface area is 290 Å². The first-order valence-corrected chi connectivity index (χ1v) is 17.2. The SMILES string of the molecule is c1cc(-c2ccc3ccccc3c2)cc(-c2cc3cc(-c4ccc(-c5ccc6ccccc6c5)cc4)c4ccccc4c3c3ncccc23)c1. The maximum absolute atomic E-state index is 5.03. The van der Waals surface area contributed by atoms with Crippen molar-refractivity contribution in [2.75, 3.05) is 0 Å². The first kappa shape index (κ1) is 28.4. The van der Waals surface area contributed by atoms with Crippen LogP contribution < -0.4 is 0 Å². The normalized spacial score (nSPS) is 11.6. The second-order valence-corrected chi connectivity index (χ2v) is 13.2. The van der Waals surface area contributed by atoms with Gasteiger partial charge in [0.1, 0.15) is 0 Å². The van der Waals surface area contributed by atoms with Gasteiger partial charge in [-0.05, 0) is 119 Å². The highest BCUT2D eigenvalue weighted by Crippen LogP contribution is 2.42. The van der Waals surface area contributed by atoms with Gasteiger partial charge >= 0.3 is 0 Å². The highest BCUT2D eigenvalue weighted by Gasteiger charge is 2.16. The summed E-state index contributed by atoms with van der Waals surface area (Å²) in [7, 11) is 0. The lowest BCUT2D eigenvalue weighted by atomic mass is 9.88. The lowest BCUT2D eigenvalue weighted by Crippen LogP contribution is -1.91. The van der Waals surface area contributed by atoms with Gasteiger partial charge < -0.3 is 0 Å². The van der Waals surface area contributed by atoms with Crippen LogP contribution in [0.25, 0.3) is 98.5 Å². The van der Waals surface area contributed by atoms with E-state index in [1.807, 2.05) is 6.20 Å². The van der Waals surface area contributed by atoms with Crippen LogP contribution in [-0.2, 0) is 0 Å². The van der Waals surface area contributed by atoms with E-state index in [9.17, 15) is 0 Å². The van der Waals surface area contributed by atoms with Crippen LogP contribution in [0, 0.1) is 0 Å². The van der Waals surface area contributed by atoms with Gasteiger partial charge in [0.25, 0.3) is 0 Å². The van der Waals surface area contributed by atoms with E-state index in [-0.39, 0.29) is 0 Å². The molecule has 10 aromatic rings. The largest absolute Gasteiger partial charge is 0.256 e. The van der Waals surface area contributed by atoms with Crippen molar-refractivity contribution < 1.29 is 0 Å². The summed E-state index contributed by atoms with van der Waals surface area (Å²) < 4.78 is 0. The van der Waals surface area contributed by atoms with Crippen molar-refractivity contribution in [3.63, 3.8) is 0 Å². The van der Waals surface area contributed by atoms with Crippen LogP contribution in [0.2, 0.25) is 0 Å². The van der Waals surface area contributed by atoms with Crippen molar-refractivity contribution in [1.29, 1.82) is 0 Å². The summed E-state index contributed by atoms with van der Waals surface area (Å²) in [5, 5.41) is 11.0. The lowest BCUT2D eigenvalue weighted by molar-refractivity contribution is 1.43. The quantitative estimate of drug-likeness (QED) is 0.176. The van der Waals surface area contributed by atoms with Crippen molar-refractivity contribution in [1.82, 2.24) is 4.98 Å². The highest BCUT2D eigenvalue weighted by molar-refractivity contribution is 6.24. The molecule has 0 spiro atoms. The third-order valence-corrected chi connectivity index (χ3v) is 10.2. The Hall–Kier alpha value is -6.57. The number of benzene rings is 9. The van der Waals surface area contributed by atoms with Crippen molar-refractivity contribution in [3.05, 3.63) is 188 Å². The molecule has 0 unspecified atom stereocenters. The molecule has 1 aromatic heterocycles. The lowest BCUT2D eigenvalue weighted by Gasteiger charge is -2.16. The fourth-order valence-corrected chi connectivity index (χ4v) is 7.75. The van der Waals surface area contributed by atoms with Gasteiger partial charge in [-0.2, -0.15) is 0 Å². The third kappa shape index (κ3) is 4.75. The van der Waals surface area contributed by atoms with Crippen molar-refractivity contribution in [3.8, 4) is 44.5 Å². The van der Waals surface area contributed by atoms with E-state index >= 15 is 0 Å². The number of hydrogen-bond donors (Lipinski definition) is 0. The van der Waals surface area contributed by atoms with Crippen LogP contribution in [0.4, 0.5) is 0 Å². The molecule has 0 radical (unpaired) electrons. The summed E-state index contributed by atoms with van der Waals surface area (Å²) >= 11 is 0. The summed E-state index contributed by atoms with van der Waals surface area (Å²) in [5.41, 5.74) is 10.7. The molecule has 9 aromatic carbocycles. The van der Waals surface area contributed by atoms with Crippen molar-refractivity contribution >= 4 is 54.0 Å². The zero-order valence-corrected chi connectivity index (χ0v) is 27.3. The molecule has 50 heavy (non-hydrogen) atoms. The van der Waals surface area contributed by atoms with Gasteiger partial charge in [-0.1, -0.05) is 146 Å². The van der Waals surface area contributed by atoms with Gasteiger partial charge in [-0.25, -0.2) is 0 Å². The van der Waals surface area contributed by atoms with E-state index in [1.165, 1.54) is 87.6 Å². The monoisotopic (exact) mass is 633 g/mol. The van der Waals surface area contributed by atoms with Crippen LogP contribution in [-0.4, -0.2) is 4.98 Å². The number of pyridine rings is 1. The molecule has 0 saturated carbocycles. The Bertz CT molecular complexity index is 2920. The molecule has 0 aliphatic heterocycles. The van der Waals surface area contributed by atoms with Crippen LogP contribution >= 0.6 is 0 Å². The number of nitrogens with zero attached hydrogens (tertiary/aromatic N) is 1. The Balaban J connectivity index is 1.14. The molecule has 0 bridgehead atoms. The molecule has 0 fully saturated rings. The molecular formula is C49H31N. The van der Waals surface area contributed by atoms with Crippen LogP contribution in [0.15, 0.2) is 188 Å². The second-order valence-electron chi connectivity index (χ2n) is 13.2. The van der Waals surface area contributed by atoms with E-state index in [1.54, 1.807) is 0 Å². The Morgan fingerprint density at radius 1 is 0.280 bits per heavy atom. The summed E-state index contributed by atoms with van der Waals surface area (Å²) in [6.45, 7) is 0. The Kier molecular flexibility index (Phi) is 6.57. The summed E-state index contributed by atoms with van der Waals surface area (Å²) in [5.74, 6) is 0. The molecule has 0 amide bonds. The van der Waals surface area contributed by atoms with Crippen LogP contribution in [0.3, 0.4) is 0 Å². The number of rotatable bonds is 4. The van der Waals surface area contributed by atoms with Crippen LogP contribution in [0.1, 0.15) is 0 Å². The minimum Gasteiger partial charge on any atom is -0.256 e. The van der Waals surface area contributed by atoms with Gasteiger partial charge in [-0.15, -0.1) is 0 Å². The van der Waals surface area contributed by atoms with E-state index in [0.29, 0.717) is 0 Å². The third-order valence-electron chi connectivity index (χ3n) is 10.2. The maximum atomic E-state index is 5.03. The average Bonchev–Trinajstić information content (AvgIpc) is 3.20. The highest BCUT2D eigenvalue weighted by atomic mass is 14.6. The van der Waals surface area contributed by atoms with Crippen molar-refractivity contribution in [2.24, 2.45) is 0 Å². The zero-order chi connectivity index (χ0) is 33.0. The number of hydrogen-bond acceptors (Lipinski definition) is 1. The zero-order valence-electron chi connectivity index (χ0n) is 27.3. The Morgan fingerprint density at radius 3 is 1.52 bits per heavy atom. The topological polar surface area (TPSA) is 12.9 Å². The standard InChI is InChI=1S/C49H31N/c1-3-11-36-27-39(24-20-32(36)9-1)34-18-22-35(23-19-34)46-30-42-31-47(45-17-8-26-50-49(45)48(42)44-16-6-5-15-43(44)46)41-14-7-13-38(29-41)40-25-21-33-10-2-4-12-37(33)28-40/h1-31H. The van der Waals surface area contributed by atoms with E-state index in [2.05, 4.69) is 182 Å².